The summed E-state index contributed by atoms with van der Waals surface area (Å²) in [4.78, 5) is 0. The molecule has 1 saturated carbocycles. The molecule has 1 fully saturated rings. The molecule has 0 radical (unpaired) electrons. The molecule has 0 N–H and O–H groups in total. The Bertz CT molecular complexity index is 1300. The smallest absolute Gasteiger partial charge is 0.209 e. The summed E-state index contributed by atoms with van der Waals surface area (Å²) in [7, 11) is 0. The highest BCUT2D eigenvalue weighted by molar-refractivity contribution is 5.58. The number of hydrogen-bond acceptors (Lipinski definition) is 0. The quantitative estimate of drug-likeness (QED) is 0.293. The summed E-state index contributed by atoms with van der Waals surface area (Å²) < 4.78 is 5.28. The lowest BCUT2D eigenvalue weighted by Gasteiger charge is -2.30. The molecule has 0 saturated heterocycles. The van der Waals surface area contributed by atoms with Crippen molar-refractivity contribution in [2.45, 2.75) is 57.4 Å². The summed E-state index contributed by atoms with van der Waals surface area (Å²) in [5.74, 6) is 2.01. The van der Waals surface area contributed by atoms with Gasteiger partial charge in [0, 0.05) is 18.1 Å². The standard InChI is InChI=1S/C32H33N2/c1-24-14-12-13-21-29(24)33-25(2)30-22-23-32(27-17-8-4-9-18-27,28-19-10-5-11-20-28)34(30)31(33)26-15-6-3-7-16-26/h4-5,8-14,17-23,26H,3,6-7,15-16H2,1-2H3/q+1. The lowest BCUT2D eigenvalue weighted by molar-refractivity contribution is -0.737. The van der Waals surface area contributed by atoms with E-state index in [0.29, 0.717) is 5.92 Å². The second-order valence-electron chi connectivity index (χ2n) is 9.95. The maximum Gasteiger partial charge on any atom is 0.266 e. The van der Waals surface area contributed by atoms with Gasteiger partial charge in [0.25, 0.3) is 5.82 Å². The fourth-order valence-corrected chi connectivity index (χ4v) is 6.36. The van der Waals surface area contributed by atoms with Crippen molar-refractivity contribution < 1.29 is 4.57 Å². The summed E-state index contributed by atoms with van der Waals surface area (Å²) in [5.41, 5.74) is 7.59. The van der Waals surface area contributed by atoms with E-state index in [-0.39, 0.29) is 5.54 Å². The molecule has 170 valence electrons. The SMILES string of the molecule is Cc1ccccc1-n1c(C)c2[n+](c1C1CCCCC1)C(c1ccccc1)(c1ccccc1)C=C2. The molecule has 2 aliphatic rings. The van der Waals surface area contributed by atoms with Gasteiger partial charge in [0.1, 0.15) is 5.69 Å². The fourth-order valence-electron chi connectivity index (χ4n) is 6.36. The first kappa shape index (κ1) is 21.2. The number of para-hydroxylation sites is 1. The number of allylic oxidation sites excluding steroid dienone is 1. The van der Waals surface area contributed by atoms with Crippen LogP contribution in [0, 0.1) is 13.8 Å². The molecule has 1 aromatic heterocycles. The number of imidazole rings is 1. The second kappa shape index (κ2) is 8.43. The van der Waals surface area contributed by atoms with Gasteiger partial charge in [-0.3, -0.25) is 0 Å². The molecule has 6 rings (SSSR count). The van der Waals surface area contributed by atoms with Crippen molar-refractivity contribution in [3.8, 4) is 5.69 Å². The molecule has 2 nitrogen and oxygen atoms in total. The van der Waals surface area contributed by atoms with E-state index in [1.807, 2.05) is 0 Å². The Morgan fingerprint density at radius 2 is 1.32 bits per heavy atom. The summed E-state index contributed by atoms with van der Waals surface area (Å²) in [5, 5.41) is 0. The number of hydrogen-bond donors (Lipinski definition) is 0. The minimum Gasteiger partial charge on any atom is -0.209 e. The van der Waals surface area contributed by atoms with E-state index >= 15 is 0 Å². The molecule has 2 heterocycles. The maximum absolute atomic E-state index is 2.69. The van der Waals surface area contributed by atoms with E-state index < -0.39 is 0 Å². The van der Waals surface area contributed by atoms with Crippen LogP contribution in [-0.4, -0.2) is 4.57 Å². The Morgan fingerprint density at radius 3 is 1.94 bits per heavy atom. The van der Waals surface area contributed by atoms with Crippen LogP contribution < -0.4 is 4.57 Å². The molecule has 0 bridgehead atoms. The number of aromatic nitrogens is 2. The Balaban J connectivity index is 1.72. The van der Waals surface area contributed by atoms with Crippen molar-refractivity contribution in [2.24, 2.45) is 0 Å². The normalized spacial score (nSPS) is 17.1. The van der Waals surface area contributed by atoms with Crippen molar-refractivity contribution in [3.63, 3.8) is 0 Å². The summed E-state index contributed by atoms with van der Waals surface area (Å²) >= 11 is 0. The molecule has 0 unspecified atom stereocenters. The monoisotopic (exact) mass is 445 g/mol. The Labute approximate surface area is 203 Å². The average Bonchev–Trinajstić information content (AvgIpc) is 3.43. The van der Waals surface area contributed by atoms with Gasteiger partial charge in [-0.15, -0.1) is 0 Å². The molecule has 1 aliphatic heterocycles. The first-order valence-electron chi connectivity index (χ1n) is 12.8. The van der Waals surface area contributed by atoms with Gasteiger partial charge >= 0.3 is 0 Å². The molecule has 3 aromatic carbocycles. The third kappa shape index (κ3) is 3.12. The number of rotatable bonds is 4. The zero-order valence-electron chi connectivity index (χ0n) is 20.2. The van der Waals surface area contributed by atoms with Crippen molar-refractivity contribution in [2.75, 3.05) is 0 Å². The second-order valence-corrected chi connectivity index (χ2v) is 9.95. The molecule has 34 heavy (non-hydrogen) atoms. The minimum atomic E-state index is -0.344. The third-order valence-electron chi connectivity index (χ3n) is 7.99. The minimum absolute atomic E-state index is 0.344. The van der Waals surface area contributed by atoms with Gasteiger partial charge in [-0.1, -0.05) is 98.1 Å². The van der Waals surface area contributed by atoms with Crippen molar-refractivity contribution in [1.29, 1.82) is 0 Å². The average molecular weight is 446 g/mol. The summed E-state index contributed by atoms with van der Waals surface area (Å²) in [6, 6.07) is 31.0. The van der Waals surface area contributed by atoms with E-state index in [0.717, 1.165) is 0 Å². The van der Waals surface area contributed by atoms with Crippen LogP contribution in [0.5, 0.6) is 0 Å². The van der Waals surface area contributed by atoms with Gasteiger partial charge in [-0.2, -0.15) is 4.57 Å². The van der Waals surface area contributed by atoms with Crippen LogP contribution >= 0.6 is 0 Å². The number of benzene rings is 3. The van der Waals surface area contributed by atoms with Crippen LogP contribution in [0.1, 0.15) is 71.9 Å². The van der Waals surface area contributed by atoms with Gasteiger partial charge in [0.2, 0.25) is 0 Å². The Hall–Kier alpha value is -3.39. The third-order valence-corrected chi connectivity index (χ3v) is 7.99. The zero-order valence-corrected chi connectivity index (χ0v) is 20.2. The number of fused-ring (bicyclic) bond motifs is 1. The number of aryl methyl sites for hydroxylation is 1. The van der Waals surface area contributed by atoms with Crippen molar-refractivity contribution in [1.82, 2.24) is 4.57 Å². The number of nitrogens with zero attached hydrogens (tertiary/aromatic N) is 2. The molecule has 2 heteroatoms. The van der Waals surface area contributed by atoms with E-state index in [1.54, 1.807) is 0 Å². The van der Waals surface area contributed by atoms with Crippen molar-refractivity contribution in [3.05, 3.63) is 125 Å². The predicted octanol–water partition coefficient (Wildman–Crippen LogP) is 7.25. The van der Waals surface area contributed by atoms with Crippen molar-refractivity contribution >= 4 is 6.08 Å². The molecular weight excluding hydrogens is 412 g/mol. The van der Waals surface area contributed by atoms with Crippen LogP contribution in [0.4, 0.5) is 0 Å². The Morgan fingerprint density at radius 1 is 0.735 bits per heavy atom. The molecule has 0 atom stereocenters. The van der Waals surface area contributed by atoms with Crippen LogP contribution in [0.15, 0.2) is 91.0 Å². The lowest BCUT2D eigenvalue weighted by Crippen LogP contribution is -2.58. The van der Waals surface area contributed by atoms with E-state index in [1.165, 1.54) is 71.7 Å². The first-order chi connectivity index (χ1) is 16.7. The molecular formula is C32H33N2+. The Kier molecular flexibility index (Phi) is 5.25. The molecule has 1 aliphatic carbocycles. The van der Waals surface area contributed by atoms with E-state index in [4.69, 9.17) is 0 Å². The summed E-state index contributed by atoms with van der Waals surface area (Å²) in [6.07, 6.45) is 11.3. The maximum atomic E-state index is 2.69. The largest absolute Gasteiger partial charge is 0.266 e. The van der Waals surface area contributed by atoms with E-state index in [2.05, 4.69) is 120 Å². The van der Waals surface area contributed by atoms with Gasteiger partial charge in [-0.25, -0.2) is 4.57 Å². The topological polar surface area (TPSA) is 8.81 Å². The first-order valence-corrected chi connectivity index (χ1v) is 12.8. The molecule has 0 amide bonds. The predicted molar refractivity (Wildman–Crippen MR) is 139 cm³/mol. The highest BCUT2D eigenvalue weighted by Gasteiger charge is 2.50. The van der Waals surface area contributed by atoms with Gasteiger partial charge in [0.05, 0.1) is 5.92 Å². The molecule has 4 aromatic rings. The molecule has 0 spiro atoms. The zero-order chi connectivity index (χ0) is 23.1. The van der Waals surface area contributed by atoms with Crippen LogP contribution in [-0.2, 0) is 5.54 Å². The van der Waals surface area contributed by atoms with Gasteiger partial charge in [0.15, 0.2) is 16.9 Å². The van der Waals surface area contributed by atoms with Crippen LogP contribution in [0.25, 0.3) is 11.8 Å². The highest BCUT2D eigenvalue weighted by atomic mass is 15.2. The van der Waals surface area contributed by atoms with Crippen LogP contribution in [0.2, 0.25) is 0 Å². The summed E-state index contributed by atoms with van der Waals surface area (Å²) in [6.45, 7) is 4.55. The van der Waals surface area contributed by atoms with Crippen LogP contribution in [0.3, 0.4) is 0 Å². The lowest BCUT2D eigenvalue weighted by atomic mass is 9.81. The van der Waals surface area contributed by atoms with E-state index in [9.17, 15) is 0 Å². The van der Waals surface area contributed by atoms with Gasteiger partial charge < -0.3 is 0 Å². The van der Waals surface area contributed by atoms with Gasteiger partial charge in [-0.05, 0) is 43.5 Å². The fraction of sp³-hybridized carbons (Fsp3) is 0.281. The highest BCUT2D eigenvalue weighted by Crippen LogP contribution is 2.42.